The Hall–Kier alpha value is -2.55. The smallest absolute Gasteiger partial charge is 0.326 e. The Kier molecular flexibility index (Phi) is 9.16. The molecule has 158 valence electrons. The van der Waals surface area contributed by atoms with Gasteiger partial charge < -0.3 is 15.4 Å². The van der Waals surface area contributed by atoms with Crippen LogP contribution in [0.15, 0.2) is 48.0 Å². The SMILES string of the molecule is COc1ccc(Cl)cc1/C=C(\CNC(=O)CBr)C(=O)NC(=O)Nc1ccc(Cl)cc1. The van der Waals surface area contributed by atoms with E-state index in [0.717, 1.165) is 0 Å². The summed E-state index contributed by atoms with van der Waals surface area (Å²) >= 11 is 14.9. The first-order valence-corrected chi connectivity index (χ1v) is 10.4. The molecule has 4 amide bonds. The van der Waals surface area contributed by atoms with Crippen LogP contribution in [0, 0.1) is 0 Å². The predicted octanol–water partition coefficient (Wildman–Crippen LogP) is 4.24. The third-order valence-corrected chi connectivity index (χ3v) is 4.74. The van der Waals surface area contributed by atoms with Crippen LogP contribution < -0.4 is 20.7 Å². The highest BCUT2D eigenvalue weighted by molar-refractivity contribution is 9.09. The number of hydrogen-bond acceptors (Lipinski definition) is 4. The van der Waals surface area contributed by atoms with E-state index in [-0.39, 0.29) is 23.4 Å². The molecule has 0 spiro atoms. The molecule has 0 aromatic heterocycles. The minimum absolute atomic E-state index is 0.0689. The van der Waals surface area contributed by atoms with E-state index in [4.69, 9.17) is 27.9 Å². The van der Waals surface area contributed by atoms with E-state index in [9.17, 15) is 14.4 Å². The Morgan fingerprint density at radius 1 is 1.07 bits per heavy atom. The molecule has 2 aromatic rings. The number of anilines is 1. The third kappa shape index (κ3) is 7.37. The number of amides is 4. The van der Waals surface area contributed by atoms with E-state index in [1.807, 2.05) is 0 Å². The molecule has 0 heterocycles. The van der Waals surface area contributed by atoms with Gasteiger partial charge in [-0.05, 0) is 48.5 Å². The molecule has 0 atom stereocenters. The molecule has 10 heteroatoms. The van der Waals surface area contributed by atoms with E-state index in [1.54, 1.807) is 42.5 Å². The standard InChI is InChI=1S/C20H18BrCl2N3O4/c1-30-17-7-4-15(23)9-12(17)8-13(11-24-18(27)10-21)19(28)26-20(29)25-16-5-2-14(22)3-6-16/h2-9H,10-11H2,1H3,(H,24,27)(H2,25,26,28,29)/b13-8+. The lowest BCUT2D eigenvalue weighted by molar-refractivity contribution is -0.118. The molecule has 0 radical (unpaired) electrons. The van der Waals surface area contributed by atoms with E-state index < -0.39 is 11.9 Å². The van der Waals surface area contributed by atoms with Crippen LogP contribution in [0.4, 0.5) is 10.5 Å². The van der Waals surface area contributed by atoms with Crippen LogP contribution in [-0.4, -0.2) is 36.8 Å². The molecule has 7 nitrogen and oxygen atoms in total. The number of benzene rings is 2. The molecule has 0 aliphatic rings. The fourth-order valence-electron chi connectivity index (χ4n) is 2.32. The molecule has 0 fully saturated rings. The fourth-order valence-corrected chi connectivity index (χ4v) is 2.83. The van der Waals surface area contributed by atoms with Crippen molar-refractivity contribution in [1.82, 2.24) is 10.6 Å². The lowest BCUT2D eigenvalue weighted by atomic mass is 10.1. The van der Waals surface area contributed by atoms with Crippen LogP contribution in [0.3, 0.4) is 0 Å². The molecule has 0 saturated carbocycles. The summed E-state index contributed by atoms with van der Waals surface area (Å²) in [5.74, 6) is -0.544. The zero-order chi connectivity index (χ0) is 22.1. The Bertz CT molecular complexity index is 965. The molecule has 0 bridgehead atoms. The second kappa shape index (κ2) is 11.6. The van der Waals surface area contributed by atoms with Gasteiger partial charge in [0.25, 0.3) is 5.91 Å². The molecule has 0 saturated heterocycles. The van der Waals surface area contributed by atoms with Crippen LogP contribution >= 0.6 is 39.1 Å². The van der Waals surface area contributed by atoms with E-state index in [1.165, 1.54) is 13.2 Å². The van der Waals surface area contributed by atoms with E-state index in [2.05, 4.69) is 31.9 Å². The number of carbonyl (C=O) groups is 3. The van der Waals surface area contributed by atoms with Crippen molar-refractivity contribution in [2.75, 3.05) is 24.3 Å². The summed E-state index contributed by atoms with van der Waals surface area (Å²) in [5.41, 5.74) is 1.09. The maximum atomic E-state index is 12.7. The summed E-state index contributed by atoms with van der Waals surface area (Å²) in [6.07, 6.45) is 1.49. The molecule has 2 aromatic carbocycles. The molecule has 2 rings (SSSR count). The third-order valence-electron chi connectivity index (χ3n) is 3.74. The summed E-state index contributed by atoms with van der Waals surface area (Å²) in [6, 6.07) is 10.5. The Morgan fingerprint density at radius 2 is 1.73 bits per heavy atom. The van der Waals surface area contributed by atoms with Crippen molar-refractivity contribution < 1.29 is 19.1 Å². The molecule has 3 N–H and O–H groups in total. The van der Waals surface area contributed by atoms with Gasteiger partial charge in [0.1, 0.15) is 5.75 Å². The van der Waals surface area contributed by atoms with Crippen LogP contribution in [0.5, 0.6) is 5.75 Å². The van der Waals surface area contributed by atoms with Crippen molar-refractivity contribution in [3.63, 3.8) is 0 Å². The van der Waals surface area contributed by atoms with Crippen LogP contribution in [0.2, 0.25) is 10.0 Å². The summed E-state index contributed by atoms with van der Waals surface area (Å²) in [4.78, 5) is 36.5. The zero-order valence-electron chi connectivity index (χ0n) is 15.8. The number of imide groups is 1. The number of methoxy groups -OCH3 is 1. The Morgan fingerprint density at radius 3 is 2.37 bits per heavy atom. The maximum Gasteiger partial charge on any atom is 0.326 e. The highest BCUT2D eigenvalue weighted by Gasteiger charge is 2.16. The van der Waals surface area contributed by atoms with Gasteiger partial charge in [-0.2, -0.15) is 0 Å². The molecular weight excluding hydrogens is 497 g/mol. The average Bonchev–Trinajstić information content (AvgIpc) is 2.72. The van der Waals surface area contributed by atoms with Crippen LogP contribution in [0.1, 0.15) is 5.56 Å². The van der Waals surface area contributed by atoms with Crippen molar-refractivity contribution in [3.8, 4) is 5.75 Å². The van der Waals surface area contributed by atoms with Crippen molar-refractivity contribution in [2.45, 2.75) is 0 Å². The van der Waals surface area contributed by atoms with Gasteiger partial charge in [0.15, 0.2) is 0 Å². The van der Waals surface area contributed by atoms with Gasteiger partial charge in [0, 0.05) is 33.4 Å². The number of urea groups is 1. The quantitative estimate of drug-likeness (QED) is 0.380. The lowest BCUT2D eigenvalue weighted by Crippen LogP contribution is -2.38. The first kappa shape index (κ1) is 23.7. The molecule has 30 heavy (non-hydrogen) atoms. The van der Waals surface area contributed by atoms with Gasteiger partial charge in [0.2, 0.25) is 5.91 Å². The normalized spacial score (nSPS) is 10.9. The Balaban J connectivity index is 2.21. The number of alkyl halides is 1. The fraction of sp³-hybridized carbons (Fsp3) is 0.150. The minimum atomic E-state index is -0.738. The highest BCUT2D eigenvalue weighted by atomic mass is 79.9. The van der Waals surface area contributed by atoms with Crippen molar-refractivity contribution in [1.29, 1.82) is 0 Å². The van der Waals surface area contributed by atoms with Gasteiger partial charge >= 0.3 is 6.03 Å². The van der Waals surface area contributed by atoms with E-state index >= 15 is 0 Å². The highest BCUT2D eigenvalue weighted by Crippen LogP contribution is 2.25. The average molecular weight is 515 g/mol. The van der Waals surface area contributed by atoms with Crippen LogP contribution in [-0.2, 0) is 9.59 Å². The first-order chi connectivity index (χ1) is 14.3. The minimum Gasteiger partial charge on any atom is -0.496 e. The molecule has 0 aliphatic carbocycles. The molecule has 0 aliphatic heterocycles. The number of carbonyl (C=O) groups excluding carboxylic acids is 3. The summed E-state index contributed by atoms with van der Waals surface area (Å²) in [7, 11) is 1.48. The summed E-state index contributed by atoms with van der Waals surface area (Å²) in [6.45, 7) is -0.111. The van der Waals surface area contributed by atoms with Crippen molar-refractivity contribution in [3.05, 3.63) is 63.6 Å². The van der Waals surface area contributed by atoms with Crippen molar-refractivity contribution >= 4 is 68.7 Å². The van der Waals surface area contributed by atoms with Gasteiger partial charge in [-0.3, -0.25) is 14.9 Å². The summed E-state index contributed by atoms with van der Waals surface area (Å²) in [5, 5.41) is 8.36. The second-order valence-corrected chi connectivity index (χ2v) is 7.31. The Labute approximate surface area is 191 Å². The molecular formula is C20H18BrCl2N3O4. The monoisotopic (exact) mass is 513 g/mol. The number of rotatable bonds is 7. The summed E-state index contributed by atoms with van der Waals surface area (Å²) < 4.78 is 5.28. The zero-order valence-corrected chi connectivity index (χ0v) is 18.9. The van der Waals surface area contributed by atoms with Gasteiger partial charge in [-0.1, -0.05) is 39.1 Å². The van der Waals surface area contributed by atoms with Crippen LogP contribution in [0.25, 0.3) is 6.08 Å². The number of ether oxygens (including phenoxy) is 1. The first-order valence-electron chi connectivity index (χ1n) is 8.57. The maximum absolute atomic E-state index is 12.7. The predicted molar refractivity (Wildman–Crippen MR) is 121 cm³/mol. The van der Waals surface area contributed by atoms with E-state index in [0.29, 0.717) is 27.0 Å². The largest absolute Gasteiger partial charge is 0.496 e. The van der Waals surface area contributed by atoms with Gasteiger partial charge in [-0.15, -0.1) is 0 Å². The molecule has 0 unspecified atom stereocenters. The number of nitrogens with one attached hydrogen (secondary N) is 3. The lowest BCUT2D eigenvalue weighted by Gasteiger charge is -2.12. The van der Waals surface area contributed by atoms with Gasteiger partial charge in [-0.25, -0.2) is 4.79 Å². The topological polar surface area (TPSA) is 96.5 Å². The number of halogens is 3. The number of hydrogen-bond donors (Lipinski definition) is 3. The second-order valence-electron chi connectivity index (χ2n) is 5.88. The van der Waals surface area contributed by atoms with Crippen molar-refractivity contribution in [2.24, 2.45) is 0 Å². The van der Waals surface area contributed by atoms with Gasteiger partial charge in [0.05, 0.1) is 12.4 Å².